The molecule has 0 atom stereocenters. The van der Waals surface area contributed by atoms with Crippen LogP contribution in [0.15, 0.2) is 18.2 Å². The lowest BCUT2D eigenvalue weighted by Crippen LogP contribution is -2.30. The van der Waals surface area contributed by atoms with E-state index in [1.807, 2.05) is 5.43 Å². The fourth-order valence-electron chi connectivity index (χ4n) is 1.29. The van der Waals surface area contributed by atoms with Crippen LogP contribution in [0.25, 0.3) is 0 Å². The molecule has 6 heteroatoms. The molecule has 0 saturated heterocycles. The van der Waals surface area contributed by atoms with Crippen molar-refractivity contribution in [3.63, 3.8) is 0 Å². The van der Waals surface area contributed by atoms with E-state index in [-0.39, 0.29) is 11.1 Å². The average Bonchev–Trinajstić information content (AvgIpc) is 2.31. The van der Waals surface area contributed by atoms with Gasteiger partial charge >= 0.3 is 0 Å². The minimum atomic E-state index is -0.796. The number of halogens is 1. The highest BCUT2D eigenvalue weighted by molar-refractivity contribution is 5.93. The van der Waals surface area contributed by atoms with Crippen molar-refractivity contribution in [2.75, 3.05) is 14.2 Å². The summed E-state index contributed by atoms with van der Waals surface area (Å²) < 4.78 is 23.4. The van der Waals surface area contributed by atoms with Crippen molar-refractivity contribution >= 4 is 5.91 Å². The van der Waals surface area contributed by atoms with E-state index in [1.54, 1.807) is 0 Å². The summed E-state index contributed by atoms with van der Waals surface area (Å²) in [6, 6.07) is 3.92. The molecule has 0 fully saturated rings. The van der Waals surface area contributed by atoms with Gasteiger partial charge in [-0.1, -0.05) is 6.07 Å². The van der Waals surface area contributed by atoms with E-state index in [1.165, 1.54) is 26.4 Å². The number of benzene rings is 1. The van der Waals surface area contributed by atoms with Crippen LogP contribution in [0, 0.1) is 5.82 Å². The van der Waals surface area contributed by atoms with E-state index in [2.05, 4.69) is 0 Å². The van der Waals surface area contributed by atoms with Gasteiger partial charge in [-0.3, -0.25) is 10.2 Å². The number of ether oxygens (including phenoxy) is 2. The molecule has 1 aromatic carbocycles. The second-order valence-electron chi connectivity index (χ2n) is 3.01. The molecule has 0 spiro atoms. The first-order chi connectivity index (χ1) is 7.63. The van der Waals surface area contributed by atoms with Crippen LogP contribution < -0.4 is 11.3 Å². The molecule has 1 rings (SSSR count). The Morgan fingerprint density at radius 3 is 2.50 bits per heavy atom. The summed E-state index contributed by atoms with van der Waals surface area (Å²) >= 11 is 0. The van der Waals surface area contributed by atoms with E-state index in [0.29, 0.717) is 0 Å². The van der Waals surface area contributed by atoms with Crippen molar-refractivity contribution < 1.29 is 18.7 Å². The zero-order valence-corrected chi connectivity index (χ0v) is 8.99. The fraction of sp³-hybridized carbons (Fsp3) is 0.300. The molecule has 16 heavy (non-hydrogen) atoms. The molecule has 1 aromatic rings. The number of hydrogen-bond donors (Lipinski definition) is 2. The van der Waals surface area contributed by atoms with Crippen molar-refractivity contribution in [1.29, 1.82) is 0 Å². The van der Waals surface area contributed by atoms with Crippen LogP contribution >= 0.6 is 0 Å². The third kappa shape index (κ3) is 2.54. The summed E-state index contributed by atoms with van der Waals surface area (Å²) in [4.78, 5) is 11.1. The van der Waals surface area contributed by atoms with Crippen LogP contribution in [-0.4, -0.2) is 20.1 Å². The maximum Gasteiger partial charge on any atom is 0.265 e. The lowest BCUT2D eigenvalue weighted by Gasteiger charge is -2.14. The standard InChI is InChI=1S/C10H13FN2O3/c1-15-10(16-2)7-4-3-6(5-8(7)11)9(14)13-12/h3-5,10H,12H2,1-2H3,(H,13,14). The Balaban J connectivity index is 3.04. The third-order valence-electron chi connectivity index (χ3n) is 2.08. The molecule has 1 amide bonds. The first kappa shape index (κ1) is 12.6. The summed E-state index contributed by atoms with van der Waals surface area (Å²) in [6.45, 7) is 0. The van der Waals surface area contributed by atoms with Gasteiger partial charge in [0, 0.05) is 25.3 Å². The molecule has 0 unspecified atom stereocenters. The Bertz CT molecular complexity index is 380. The van der Waals surface area contributed by atoms with Crippen LogP contribution in [0.3, 0.4) is 0 Å². The summed E-state index contributed by atoms with van der Waals surface area (Å²) in [5.41, 5.74) is 2.27. The number of methoxy groups -OCH3 is 2. The van der Waals surface area contributed by atoms with Gasteiger partial charge in [0.25, 0.3) is 5.91 Å². The minimum absolute atomic E-state index is 0.134. The predicted molar refractivity (Wildman–Crippen MR) is 54.8 cm³/mol. The van der Waals surface area contributed by atoms with Gasteiger partial charge in [-0.25, -0.2) is 10.2 Å². The summed E-state index contributed by atoms with van der Waals surface area (Å²) in [6.07, 6.45) is -0.796. The Morgan fingerprint density at radius 1 is 1.44 bits per heavy atom. The largest absolute Gasteiger partial charge is 0.352 e. The molecule has 0 saturated carbocycles. The normalized spacial score (nSPS) is 10.6. The molecule has 0 aliphatic heterocycles. The summed E-state index contributed by atoms with van der Waals surface area (Å²) in [7, 11) is 2.79. The van der Waals surface area contributed by atoms with Crippen molar-refractivity contribution in [2.45, 2.75) is 6.29 Å². The van der Waals surface area contributed by atoms with Gasteiger partial charge in [0.15, 0.2) is 6.29 Å². The molecule has 3 N–H and O–H groups in total. The average molecular weight is 228 g/mol. The number of carbonyl (C=O) groups is 1. The Morgan fingerprint density at radius 2 is 2.06 bits per heavy atom. The van der Waals surface area contributed by atoms with Crippen molar-refractivity contribution in [3.05, 3.63) is 35.1 Å². The molecule has 5 nitrogen and oxygen atoms in total. The lowest BCUT2D eigenvalue weighted by molar-refractivity contribution is -0.107. The molecule has 0 heterocycles. The second-order valence-corrected chi connectivity index (χ2v) is 3.01. The van der Waals surface area contributed by atoms with E-state index in [4.69, 9.17) is 15.3 Å². The summed E-state index contributed by atoms with van der Waals surface area (Å²) in [5.74, 6) is 3.79. The van der Waals surface area contributed by atoms with E-state index >= 15 is 0 Å². The molecule has 0 aliphatic carbocycles. The van der Waals surface area contributed by atoms with E-state index in [0.717, 1.165) is 6.07 Å². The number of hydrazine groups is 1. The van der Waals surface area contributed by atoms with Crippen molar-refractivity contribution in [3.8, 4) is 0 Å². The third-order valence-corrected chi connectivity index (χ3v) is 2.08. The number of rotatable bonds is 4. The Labute approximate surface area is 92.3 Å². The summed E-state index contributed by atoms with van der Waals surface area (Å²) in [5, 5.41) is 0. The highest BCUT2D eigenvalue weighted by atomic mass is 19.1. The molecular formula is C10H13FN2O3. The SMILES string of the molecule is COC(OC)c1ccc(C(=O)NN)cc1F. The van der Waals surface area contributed by atoms with E-state index in [9.17, 15) is 9.18 Å². The quantitative estimate of drug-likeness (QED) is 0.344. The number of nitrogens with two attached hydrogens (primary N) is 1. The van der Waals surface area contributed by atoms with E-state index < -0.39 is 18.0 Å². The number of carbonyl (C=O) groups excluding carboxylic acids is 1. The van der Waals surface area contributed by atoms with Gasteiger partial charge in [0.1, 0.15) is 5.82 Å². The molecule has 0 bridgehead atoms. The highest BCUT2D eigenvalue weighted by Gasteiger charge is 2.16. The van der Waals surface area contributed by atoms with Gasteiger partial charge in [-0.15, -0.1) is 0 Å². The topological polar surface area (TPSA) is 73.6 Å². The Kier molecular flexibility index (Phi) is 4.36. The smallest absolute Gasteiger partial charge is 0.265 e. The Hall–Kier alpha value is -1.50. The van der Waals surface area contributed by atoms with Crippen LogP contribution in [0.1, 0.15) is 22.2 Å². The first-order valence-corrected chi connectivity index (χ1v) is 4.50. The van der Waals surface area contributed by atoms with Crippen LogP contribution in [0.2, 0.25) is 0 Å². The molecular weight excluding hydrogens is 215 g/mol. The molecule has 0 aliphatic rings. The molecule has 0 aromatic heterocycles. The van der Waals surface area contributed by atoms with Gasteiger partial charge < -0.3 is 9.47 Å². The van der Waals surface area contributed by atoms with Crippen LogP contribution in [0.5, 0.6) is 0 Å². The monoisotopic (exact) mass is 228 g/mol. The number of hydrogen-bond acceptors (Lipinski definition) is 4. The molecule has 0 radical (unpaired) electrons. The maximum atomic E-state index is 13.6. The van der Waals surface area contributed by atoms with Gasteiger partial charge in [0.05, 0.1) is 0 Å². The van der Waals surface area contributed by atoms with Crippen molar-refractivity contribution in [2.24, 2.45) is 5.84 Å². The van der Waals surface area contributed by atoms with Gasteiger partial charge in [-0.05, 0) is 12.1 Å². The van der Waals surface area contributed by atoms with Crippen molar-refractivity contribution in [1.82, 2.24) is 5.43 Å². The van der Waals surface area contributed by atoms with Gasteiger partial charge in [0.2, 0.25) is 0 Å². The van der Waals surface area contributed by atoms with Gasteiger partial charge in [-0.2, -0.15) is 0 Å². The van der Waals surface area contributed by atoms with Crippen LogP contribution in [-0.2, 0) is 9.47 Å². The zero-order chi connectivity index (χ0) is 12.1. The fourth-order valence-corrected chi connectivity index (χ4v) is 1.29. The zero-order valence-electron chi connectivity index (χ0n) is 8.99. The maximum absolute atomic E-state index is 13.6. The number of nitrogen functional groups attached to an aromatic ring is 1. The highest BCUT2D eigenvalue weighted by Crippen LogP contribution is 2.21. The van der Waals surface area contributed by atoms with Crippen LogP contribution in [0.4, 0.5) is 4.39 Å². The minimum Gasteiger partial charge on any atom is -0.352 e. The predicted octanol–water partition coefficient (Wildman–Crippen LogP) is 0.721. The second kappa shape index (κ2) is 5.55. The molecule has 88 valence electrons. The number of amides is 1. The first-order valence-electron chi connectivity index (χ1n) is 4.50. The lowest BCUT2D eigenvalue weighted by atomic mass is 10.1. The number of nitrogens with one attached hydrogen (secondary N) is 1.